The lowest BCUT2D eigenvalue weighted by Gasteiger charge is -2.14. The van der Waals surface area contributed by atoms with Crippen LogP contribution in [0.4, 0.5) is 13.2 Å². The first-order chi connectivity index (χ1) is 10.3. The summed E-state index contributed by atoms with van der Waals surface area (Å²) in [5.41, 5.74) is 0. The van der Waals surface area contributed by atoms with Gasteiger partial charge < -0.3 is 14.8 Å². The highest BCUT2D eigenvalue weighted by Crippen LogP contribution is 2.32. The van der Waals surface area contributed by atoms with Crippen LogP contribution in [-0.2, 0) is 4.79 Å². The van der Waals surface area contributed by atoms with Gasteiger partial charge in [-0.1, -0.05) is 12.8 Å². The first-order valence-corrected chi connectivity index (χ1v) is 7.60. The van der Waals surface area contributed by atoms with Gasteiger partial charge in [0, 0.05) is 12.1 Å². The molecule has 8 heteroatoms. The molecule has 1 saturated carbocycles. The van der Waals surface area contributed by atoms with Crippen molar-refractivity contribution in [3.8, 4) is 11.5 Å². The zero-order valence-corrected chi connectivity index (χ0v) is 13.2. The summed E-state index contributed by atoms with van der Waals surface area (Å²) in [6.45, 7) is -0.259. The SMILES string of the molecule is O=C(COc1cc(OC(F)(F)F)ccc1Br)NC1CCCC1. The summed E-state index contributed by atoms with van der Waals surface area (Å²) >= 11 is 3.15. The summed E-state index contributed by atoms with van der Waals surface area (Å²) in [4.78, 5) is 11.7. The molecule has 1 aliphatic carbocycles. The molecule has 22 heavy (non-hydrogen) atoms. The van der Waals surface area contributed by atoms with Crippen molar-refractivity contribution in [1.29, 1.82) is 0 Å². The molecule has 0 radical (unpaired) electrons. The highest BCUT2D eigenvalue weighted by atomic mass is 79.9. The molecule has 2 rings (SSSR count). The third-order valence-corrected chi connectivity index (χ3v) is 3.87. The van der Waals surface area contributed by atoms with Crippen LogP contribution in [0.5, 0.6) is 11.5 Å². The van der Waals surface area contributed by atoms with Crippen LogP contribution in [0.2, 0.25) is 0 Å². The summed E-state index contributed by atoms with van der Waals surface area (Å²) in [6, 6.07) is 3.77. The van der Waals surface area contributed by atoms with E-state index in [9.17, 15) is 18.0 Å². The molecular formula is C14H15BrF3NO3. The van der Waals surface area contributed by atoms with E-state index in [0.717, 1.165) is 37.8 Å². The second kappa shape index (κ2) is 7.21. The van der Waals surface area contributed by atoms with Crippen LogP contribution >= 0.6 is 15.9 Å². The van der Waals surface area contributed by atoms with E-state index in [-0.39, 0.29) is 24.3 Å². The van der Waals surface area contributed by atoms with Gasteiger partial charge in [0.25, 0.3) is 5.91 Å². The Balaban J connectivity index is 1.90. The van der Waals surface area contributed by atoms with Crippen LogP contribution in [0.25, 0.3) is 0 Å². The number of amides is 1. The van der Waals surface area contributed by atoms with Crippen molar-refractivity contribution in [1.82, 2.24) is 5.32 Å². The summed E-state index contributed by atoms with van der Waals surface area (Å²) in [5.74, 6) is -0.578. The number of rotatable bonds is 5. The summed E-state index contributed by atoms with van der Waals surface area (Å²) < 4.78 is 46.0. The van der Waals surface area contributed by atoms with Gasteiger partial charge in [0.1, 0.15) is 11.5 Å². The summed E-state index contributed by atoms with van der Waals surface area (Å²) in [7, 11) is 0. The molecule has 122 valence electrons. The fourth-order valence-corrected chi connectivity index (χ4v) is 2.64. The van der Waals surface area contributed by atoms with Gasteiger partial charge in [-0.15, -0.1) is 13.2 Å². The average Bonchev–Trinajstić information content (AvgIpc) is 2.90. The van der Waals surface area contributed by atoms with E-state index < -0.39 is 12.1 Å². The predicted octanol–water partition coefficient (Wildman–Crippen LogP) is 3.79. The van der Waals surface area contributed by atoms with E-state index in [4.69, 9.17) is 4.74 Å². The lowest BCUT2D eigenvalue weighted by atomic mass is 10.2. The second-order valence-electron chi connectivity index (χ2n) is 4.98. The Morgan fingerprint density at radius 2 is 2.00 bits per heavy atom. The number of carbonyl (C=O) groups excluding carboxylic acids is 1. The lowest BCUT2D eigenvalue weighted by molar-refractivity contribution is -0.274. The number of hydrogen-bond donors (Lipinski definition) is 1. The van der Waals surface area contributed by atoms with Crippen LogP contribution in [0.3, 0.4) is 0 Å². The van der Waals surface area contributed by atoms with Crippen molar-refractivity contribution in [3.63, 3.8) is 0 Å². The van der Waals surface area contributed by atoms with Crippen molar-refractivity contribution < 1.29 is 27.4 Å². The quantitative estimate of drug-likeness (QED) is 0.843. The van der Waals surface area contributed by atoms with Gasteiger partial charge in [0.15, 0.2) is 6.61 Å². The number of nitrogens with one attached hydrogen (secondary N) is 1. The minimum Gasteiger partial charge on any atom is -0.482 e. The Bertz CT molecular complexity index is 531. The van der Waals surface area contributed by atoms with Crippen LogP contribution in [0, 0.1) is 0 Å². The normalized spacial score (nSPS) is 15.6. The number of halogens is 4. The molecule has 0 spiro atoms. The molecule has 0 atom stereocenters. The van der Waals surface area contributed by atoms with Crippen LogP contribution in [-0.4, -0.2) is 24.9 Å². The molecule has 0 saturated heterocycles. The van der Waals surface area contributed by atoms with Crippen molar-refractivity contribution in [2.24, 2.45) is 0 Å². The van der Waals surface area contributed by atoms with Crippen molar-refractivity contribution in [2.75, 3.05) is 6.61 Å². The van der Waals surface area contributed by atoms with Gasteiger partial charge in [-0.25, -0.2) is 0 Å². The molecular weight excluding hydrogens is 367 g/mol. The molecule has 0 unspecified atom stereocenters. The molecule has 1 aliphatic rings. The van der Waals surface area contributed by atoms with E-state index in [0.29, 0.717) is 4.47 Å². The van der Waals surface area contributed by atoms with E-state index in [1.54, 1.807) is 0 Å². The Morgan fingerprint density at radius 3 is 2.64 bits per heavy atom. The Hall–Kier alpha value is -1.44. The van der Waals surface area contributed by atoms with Gasteiger partial charge in [-0.3, -0.25) is 4.79 Å². The van der Waals surface area contributed by atoms with Crippen LogP contribution < -0.4 is 14.8 Å². The third-order valence-electron chi connectivity index (χ3n) is 3.22. The fraction of sp³-hybridized carbons (Fsp3) is 0.500. The fourth-order valence-electron chi connectivity index (χ4n) is 2.27. The van der Waals surface area contributed by atoms with Crippen molar-refractivity contribution in [2.45, 2.75) is 38.1 Å². The van der Waals surface area contributed by atoms with E-state index in [1.807, 2.05) is 0 Å². The highest BCUT2D eigenvalue weighted by Gasteiger charge is 2.31. The molecule has 1 fully saturated rings. The maximum absolute atomic E-state index is 12.2. The zero-order chi connectivity index (χ0) is 16.2. The largest absolute Gasteiger partial charge is 0.573 e. The maximum Gasteiger partial charge on any atom is 0.573 e. The Kier molecular flexibility index (Phi) is 5.55. The van der Waals surface area contributed by atoms with Gasteiger partial charge >= 0.3 is 6.36 Å². The zero-order valence-electron chi connectivity index (χ0n) is 11.6. The molecule has 0 aliphatic heterocycles. The molecule has 4 nitrogen and oxygen atoms in total. The van der Waals surface area contributed by atoms with Crippen LogP contribution in [0.15, 0.2) is 22.7 Å². The molecule has 1 amide bonds. The molecule has 0 heterocycles. The number of ether oxygens (including phenoxy) is 2. The summed E-state index contributed by atoms with van der Waals surface area (Å²) in [6.07, 6.45) is -0.692. The highest BCUT2D eigenvalue weighted by molar-refractivity contribution is 9.10. The minimum absolute atomic E-state index is 0.114. The minimum atomic E-state index is -4.77. The molecule has 1 aromatic carbocycles. The predicted molar refractivity (Wildman–Crippen MR) is 76.7 cm³/mol. The summed E-state index contributed by atoms with van der Waals surface area (Å²) in [5, 5.41) is 2.83. The molecule has 0 aromatic heterocycles. The van der Waals surface area contributed by atoms with Gasteiger partial charge in [0.05, 0.1) is 4.47 Å². The van der Waals surface area contributed by atoms with Gasteiger partial charge in [0.2, 0.25) is 0 Å². The second-order valence-corrected chi connectivity index (χ2v) is 5.83. The monoisotopic (exact) mass is 381 g/mol. The average molecular weight is 382 g/mol. The maximum atomic E-state index is 12.2. The van der Waals surface area contributed by atoms with E-state index in [2.05, 4.69) is 26.0 Å². The van der Waals surface area contributed by atoms with Crippen molar-refractivity contribution in [3.05, 3.63) is 22.7 Å². The number of carbonyl (C=O) groups is 1. The lowest BCUT2D eigenvalue weighted by Crippen LogP contribution is -2.36. The molecule has 1 aromatic rings. The smallest absolute Gasteiger partial charge is 0.482 e. The number of alkyl halides is 3. The first kappa shape index (κ1) is 16.9. The first-order valence-electron chi connectivity index (χ1n) is 6.81. The van der Waals surface area contributed by atoms with Crippen molar-refractivity contribution >= 4 is 21.8 Å². The standard InChI is InChI=1S/C14H15BrF3NO3/c15-11-6-5-10(22-14(16,17)18)7-12(11)21-8-13(20)19-9-3-1-2-4-9/h5-7,9H,1-4,8H2,(H,19,20). The van der Waals surface area contributed by atoms with E-state index >= 15 is 0 Å². The number of hydrogen-bond acceptors (Lipinski definition) is 3. The Labute approximate surface area is 134 Å². The number of benzene rings is 1. The van der Waals surface area contributed by atoms with Gasteiger partial charge in [-0.05, 0) is 40.9 Å². The third kappa shape index (κ3) is 5.40. The van der Waals surface area contributed by atoms with E-state index in [1.165, 1.54) is 6.07 Å². The van der Waals surface area contributed by atoms with Gasteiger partial charge in [-0.2, -0.15) is 0 Å². The Morgan fingerprint density at radius 1 is 1.32 bits per heavy atom. The van der Waals surface area contributed by atoms with Crippen LogP contribution in [0.1, 0.15) is 25.7 Å². The topological polar surface area (TPSA) is 47.6 Å². The molecule has 0 bridgehead atoms. The molecule has 1 N–H and O–H groups in total.